The van der Waals surface area contributed by atoms with Gasteiger partial charge in [0.05, 0.1) is 4.92 Å². The van der Waals surface area contributed by atoms with Gasteiger partial charge in [-0.15, -0.1) is 0 Å². The van der Waals surface area contributed by atoms with Gasteiger partial charge in [0.2, 0.25) is 0 Å². The first-order valence-corrected chi connectivity index (χ1v) is 6.22. The number of benzene rings is 1. The van der Waals surface area contributed by atoms with Crippen molar-refractivity contribution in [2.75, 3.05) is 7.11 Å². The number of nitro benzene ring substituents is 1. The molecule has 1 aromatic rings. The molecule has 1 fully saturated rings. The van der Waals surface area contributed by atoms with E-state index in [0.717, 1.165) is 18.2 Å². The molecule has 0 N–H and O–H groups in total. The van der Waals surface area contributed by atoms with E-state index in [1.807, 2.05) is 0 Å². The molecular weight excluding hydrogens is 309 g/mol. The van der Waals surface area contributed by atoms with Crippen molar-refractivity contribution in [3.63, 3.8) is 0 Å². The molecule has 2 rings (SSSR count). The van der Waals surface area contributed by atoms with Crippen molar-refractivity contribution in [1.29, 1.82) is 0 Å². The van der Waals surface area contributed by atoms with Crippen molar-refractivity contribution in [2.45, 2.75) is 23.5 Å². The smallest absolute Gasteiger partial charge is 0.311 e. The van der Waals surface area contributed by atoms with Gasteiger partial charge in [-0.2, -0.15) is 0 Å². The number of nitro groups is 1. The average Bonchev–Trinajstić information content (AvgIpc) is 2.28. The summed E-state index contributed by atoms with van der Waals surface area (Å²) in [6, 6.07) is 3.15. The van der Waals surface area contributed by atoms with Crippen LogP contribution in [0.1, 0.15) is 6.42 Å². The molecule has 0 saturated heterocycles. The lowest BCUT2D eigenvalue weighted by Gasteiger charge is -2.39. The Morgan fingerprint density at radius 3 is 2.83 bits per heavy atom. The van der Waals surface area contributed by atoms with E-state index in [-0.39, 0.29) is 28.5 Å². The van der Waals surface area contributed by atoms with Gasteiger partial charge in [-0.1, -0.05) is 15.9 Å². The third-order valence-electron chi connectivity index (χ3n) is 2.85. The van der Waals surface area contributed by atoms with Gasteiger partial charge in [0.1, 0.15) is 18.0 Å². The second-order valence-corrected chi connectivity index (χ2v) is 5.15. The van der Waals surface area contributed by atoms with E-state index in [0.29, 0.717) is 6.42 Å². The van der Waals surface area contributed by atoms with Crippen LogP contribution in [0.25, 0.3) is 0 Å². The highest BCUT2D eigenvalue weighted by molar-refractivity contribution is 9.09. The fourth-order valence-electron chi connectivity index (χ4n) is 1.84. The first kappa shape index (κ1) is 13.2. The van der Waals surface area contributed by atoms with Crippen LogP contribution in [0.2, 0.25) is 0 Å². The van der Waals surface area contributed by atoms with Crippen molar-refractivity contribution in [1.82, 2.24) is 0 Å². The zero-order valence-corrected chi connectivity index (χ0v) is 11.1. The van der Waals surface area contributed by atoms with Crippen LogP contribution in [0.3, 0.4) is 0 Å². The lowest BCUT2D eigenvalue weighted by atomic mass is 9.91. The number of rotatable bonds is 4. The Hall–Kier alpha value is -1.21. The van der Waals surface area contributed by atoms with Crippen LogP contribution in [0.4, 0.5) is 10.1 Å². The summed E-state index contributed by atoms with van der Waals surface area (Å²) < 4.78 is 23.7. The molecular formula is C11H11BrFNO4. The van der Waals surface area contributed by atoms with E-state index in [1.165, 1.54) is 7.11 Å². The van der Waals surface area contributed by atoms with Gasteiger partial charge in [-0.25, -0.2) is 4.39 Å². The molecule has 0 aliphatic heterocycles. The number of halogens is 2. The lowest BCUT2D eigenvalue weighted by Crippen LogP contribution is -2.51. The molecule has 0 bridgehead atoms. The highest BCUT2D eigenvalue weighted by atomic mass is 79.9. The van der Waals surface area contributed by atoms with Gasteiger partial charge in [0, 0.05) is 30.5 Å². The van der Waals surface area contributed by atoms with Crippen LogP contribution in [-0.2, 0) is 4.74 Å². The third-order valence-corrected chi connectivity index (χ3v) is 3.74. The van der Waals surface area contributed by atoms with Gasteiger partial charge in [-0.05, 0) is 6.07 Å². The molecule has 7 heteroatoms. The van der Waals surface area contributed by atoms with E-state index < -0.39 is 10.7 Å². The molecule has 0 aromatic heterocycles. The van der Waals surface area contributed by atoms with Gasteiger partial charge < -0.3 is 9.47 Å². The van der Waals surface area contributed by atoms with Crippen molar-refractivity contribution in [3.8, 4) is 5.75 Å². The first-order valence-electron chi connectivity index (χ1n) is 5.30. The maximum atomic E-state index is 13.1. The molecule has 0 spiro atoms. The maximum absolute atomic E-state index is 13.1. The molecule has 1 aromatic carbocycles. The Labute approximate surface area is 111 Å². The van der Waals surface area contributed by atoms with E-state index in [1.54, 1.807) is 0 Å². The van der Waals surface area contributed by atoms with E-state index in [2.05, 4.69) is 15.9 Å². The number of methoxy groups -OCH3 is 1. The molecule has 1 aliphatic rings. The SMILES string of the molecule is COC1C(Br)CC1Oc1cc(F)ccc1[N+](=O)[O-]. The summed E-state index contributed by atoms with van der Waals surface area (Å²) in [5.74, 6) is -0.634. The fourth-order valence-corrected chi connectivity index (χ4v) is 2.76. The van der Waals surface area contributed by atoms with Crippen LogP contribution < -0.4 is 4.74 Å². The lowest BCUT2D eigenvalue weighted by molar-refractivity contribution is -0.386. The maximum Gasteiger partial charge on any atom is 0.311 e. The van der Waals surface area contributed by atoms with Crippen LogP contribution >= 0.6 is 15.9 Å². The van der Waals surface area contributed by atoms with Gasteiger partial charge in [-0.3, -0.25) is 10.1 Å². The van der Waals surface area contributed by atoms with Crippen molar-refractivity contribution < 1.29 is 18.8 Å². The average molecular weight is 320 g/mol. The molecule has 3 unspecified atom stereocenters. The third kappa shape index (κ3) is 2.46. The summed E-state index contributed by atoms with van der Waals surface area (Å²) >= 11 is 3.39. The predicted molar refractivity (Wildman–Crippen MR) is 65.6 cm³/mol. The fraction of sp³-hybridized carbons (Fsp3) is 0.455. The van der Waals surface area contributed by atoms with E-state index >= 15 is 0 Å². The molecule has 18 heavy (non-hydrogen) atoms. The first-order chi connectivity index (χ1) is 8.52. The molecule has 5 nitrogen and oxygen atoms in total. The van der Waals surface area contributed by atoms with Gasteiger partial charge in [0.25, 0.3) is 0 Å². The zero-order valence-electron chi connectivity index (χ0n) is 9.51. The summed E-state index contributed by atoms with van der Waals surface area (Å²) in [6.07, 6.45) is 0.166. The van der Waals surface area contributed by atoms with Crippen molar-refractivity contribution in [2.24, 2.45) is 0 Å². The number of alkyl halides is 1. The largest absolute Gasteiger partial charge is 0.481 e. The molecule has 0 radical (unpaired) electrons. The van der Waals surface area contributed by atoms with Crippen molar-refractivity contribution >= 4 is 21.6 Å². The predicted octanol–water partition coefficient (Wildman–Crippen LogP) is 2.66. The number of ether oxygens (including phenoxy) is 2. The number of hydrogen-bond acceptors (Lipinski definition) is 4. The van der Waals surface area contributed by atoms with Crippen LogP contribution in [-0.4, -0.2) is 29.1 Å². The van der Waals surface area contributed by atoms with Gasteiger partial charge in [0.15, 0.2) is 5.75 Å². The summed E-state index contributed by atoms with van der Waals surface area (Å²) in [6.45, 7) is 0. The van der Waals surface area contributed by atoms with Crippen LogP contribution in [0.5, 0.6) is 5.75 Å². The number of nitrogens with zero attached hydrogens (tertiary/aromatic N) is 1. The Morgan fingerprint density at radius 1 is 1.56 bits per heavy atom. The highest BCUT2D eigenvalue weighted by Gasteiger charge is 2.42. The van der Waals surface area contributed by atoms with E-state index in [4.69, 9.17) is 9.47 Å². The monoisotopic (exact) mass is 319 g/mol. The van der Waals surface area contributed by atoms with Crippen LogP contribution in [0, 0.1) is 15.9 Å². The number of hydrogen-bond donors (Lipinski definition) is 0. The molecule has 0 amide bonds. The Balaban J connectivity index is 2.18. The molecule has 1 saturated carbocycles. The Bertz CT molecular complexity index is 470. The normalized spacial score (nSPS) is 26.5. The quantitative estimate of drug-likeness (QED) is 0.486. The standard InChI is InChI=1S/C11H11BrFNO4/c1-17-11-7(12)5-10(11)18-9-4-6(13)2-3-8(9)14(15)16/h2-4,7,10-11H,5H2,1H3. The highest BCUT2D eigenvalue weighted by Crippen LogP contribution is 2.36. The minimum absolute atomic E-state index is 0.0635. The summed E-state index contributed by atoms with van der Waals surface area (Å²) in [5.41, 5.74) is -0.246. The molecule has 1 aliphatic carbocycles. The summed E-state index contributed by atoms with van der Waals surface area (Å²) in [7, 11) is 1.54. The van der Waals surface area contributed by atoms with Crippen LogP contribution in [0.15, 0.2) is 18.2 Å². The summed E-state index contributed by atoms with van der Waals surface area (Å²) in [4.78, 5) is 10.4. The minimum atomic E-state index is -0.596. The minimum Gasteiger partial charge on any atom is -0.481 e. The zero-order chi connectivity index (χ0) is 13.3. The van der Waals surface area contributed by atoms with E-state index in [9.17, 15) is 14.5 Å². The summed E-state index contributed by atoms with van der Waals surface area (Å²) in [5, 5.41) is 10.8. The molecule has 3 atom stereocenters. The topological polar surface area (TPSA) is 61.6 Å². The Kier molecular flexibility index (Phi) is 3.82. The second-order valence-electron chi connectivity index (χ2n) is 3.98. The Morgan fingerprint density at radius 2 is 2.28 bits per heavy atom. The molecule has 0 heterocycles. The van der Waals surface area contributed by atoms with Crippen molar-refractivity contribution in [3.05, 3.63) is 34.1 Å². The molecule has 98 valence electrons. The second kappa shape index (κ2) is 5.19. The van der Waals surface area contributed by atoms with Gasteiger partial charge >= 0.3 is 5.69 Å².